The largest absolute Gasteiger partial charge is 0.344 e. The average Bonchev–Trinajstić information content (AvgIpc) is 3.97. The van der Waals surface area contributed by atoms with Crippen LogP contribution in [-0.2, 0) is 6.54 Å². The molecule has 0 unspecified atom stereocenters. The first-order valence-corrected chi connectivity index (χ1v) is 24.1. The van der Waals surface area contributed by atoms with Crippen molar-refractivity contribution in [3.05, 3.63) is 266 Å². The van der Waals surface area contributed by atoms with E-state index in [0.717, 1.165) is 22.7 Å². The van der Waals surface area contributed by atoms with Gasteiger partial charge in [0.2, 0.25) is 0 Å². The minimum absolute atomic E-state index is 0.695. The molecule has 0 bridgehead atoms. The van der Waals surface area contributed by atoms with Crippen LogP contribution in [-0.4, -0.2) is 16.2 Å². The van der Waals surface area contributed by atoms with E-state index in [-0.39, 0.29) is 0 Å². The molecule has 0 N–H and O–H groups in total. The molecule has 0 fully saturated rings. The standard InChI is InChI=1S/C66H48N4/c1-67(51-20-5-2-6-21-51)60-31-17-33-62-66(60)65-57-27-12-11-19-49(57)40-43-63(65)70(62)55-26-15-18-46(44-55)45-68(52-22-7-3-8-23-52)53-41-38-48(39-42-53)47-34-36-50(37-35-47)56-29-16-32-61-64(56)58-28-13-14-30-59(58)69(61)54-24-9-4-10-25-54/h2-44H,45H2,1H3. The Kier molecular flexibility index (Phi) is 10.1. The Morgan fingerprint density at radius 1 is 0.343 bits per heavy atom. The smallest absolute Gasteiger partial charge is 0.0562 e. The van der Waals surface area contributed by atoms with E-state index in [1.807, 2.05) is 0 Å². The number of aromatic nitrogens is 2. The van der Waals surface area contributed by atoms with Crippen LogP contribution >= 0.6 is 0 Å². The summed E-state index contributed by atoms with van der Waals surface area (Å²) in [5.74, 6) is 0. The number of hydrogen-bond donors (Lipinski definition) is 0. The molecule has 0 spiro atoms. The summed E-state index contributed by atoms with van der Waals surface area (Å²) in [5.41, 5.74) is 17.7. The van der Waals surface area contributed by atoms with Crippen LogP contribution in [0.1, 0.15) is 5.56 Å². The first-order valence-electron chi connectivity index (χ1n) is 24.1. The van der Waals surface area contributed by atoms with Gasteiger partial charge in [-0.1, -0.05) is 170 Å². The lowest BCUT2D eigenvalue weighted by Crippen LogP contribution is -2.16. The van der Waals surface area contributed by atoms with Crippen LogP contribution in [0.25, 0.3) is 88.0 Å². The molecule has 0 aliphatic heterocycles. The molecule has 0 atom stereocenters. The van der Waals surface area contributed by atoms with Gasteiger partial charge in [0.15, 0.2) is 0 Å². The molecular weight excluding hydrogens is 849 g/mol. The Hall–Kier alpha value is -9.12. The van der Waals surface area contributed by atoms with Crippen LogP contribution in [0.5, 0.6) is 0 Å². The van der Waals surface area contributed by atoms with Crippen molar-refractivity contribution in [2.75, 3.05) is 16.8 Å². The van der Waals surface area contributed by atoms with E-state index in [1.54, 1.807) is 0 Å². The van der Waals surface area contributed by atoms with Gasteiger partial charge >= 0.3 is 0 Å². The quantitative estimate of drug-likeness (QED) is 0.136. The van der Waals surface area contributed by atoms with Gasteiger partial charge in [-0.2, -0.15) is 0 Å². The van der Waals surface area contributed by atoms with Crippen molar-refractivity contribution >= 4 is 77.1 Å². The summed E-state index contributed by atoms with van der Waals surface area (Å²) in [6.07, 6.45) is 0. The van der Waals surface area contributed by atoms with E-state index >= 15 is 0 Å². The summed E-state index contributed by atoms with van der Waals surface area (Å²) in [6.45, 7) is 0.695. The van der Waals surface area contributed by atoms with Crippen molar-refractivity contribution in [2.24, 2.45) is 0 Å². The van der Waals surface area contributed by atoms with Crippen molar-refractivity contribution in [3.8, 4) is 33.6 Å². The van der Waals surface area contributed by atoms with Crippen molar-refractivity contribution in [3.63, 3.8) is 0 Å². The van der Waals surface area contributed by atoms with Crippen LogP contribution in [0.3, 0.4) is 0 Å². The second kappa shape index (κ2) is 17.2. The fourth-order valence-electron chi connectivity index (χ4n) is 10.9. The molecule has 0 radical (unpaired) electrons. The van der Waals surface area contributed by atoms with Gasteiger partial charge in [-0.15, -0.1) is 0 Å². The first kappa shape index (κ1) is 41.1. The third-order valence-electron chi connectivity index (χ3n) is 14.2. The molecule has 13 aromatic rings. The summed E-state index contributed by atoms with van der Waals surface area (Å²) in [4.78, 5) is 4.74. The molecule has 70 heavy (non-hydrogen) atoms. The Morgan fingerprint density at radius 2 is 0.871 bits per heavy atom. The molecule has 11 aromatic carbocycles. The highest BCUT2D eigenvalue weighted by atomic mass is 15.1. The summed E-state index contributed by atoms with van der Waals surface area (Å²) < 4.78 is 4.84. The Labute approximate surface area is 407 Å². The predicted octanol–water partition coefficient (Wildman–Crippen LogP) is 17.5. The third kappa shape index (κ3) is 7.00. The SMILES string of the molecule is CN(c1ccccc1)c1cccc2c1c1c3ccccc3ccc1n2-c1cccc(CN(c2ccccc2)c2ccc(-c3ccc(-c4cccc5c4c4ccccc4n5-c4ccccc4)cc3)cc2)c1. The summed E-state index contributed by atoms with van der Waals surface area (Å²) >= 11 is 0. The molecule has 13 rings (SSSR count). The van der Waals surface area contributed by atoms with Gasteiger partial charge in [-0.25, -0.2) is 0 Å². The number of fused-ring (bicyclic) bond motifs is 8. The fourth-order valence-corrected chi connectivity index (χ4v) is 10.9. The van der Waals surface area contributed by atoms with E-state index in [2.05, 4.69) is 287 Å². The van der Waals surface area contributed by atoms with Crippen LogP contribution in [0.15, 0.2) is 261 Å². The van der Waals surface area contributed by atoms with E-state index in [0.29, 0.717) is 6.54 Å². The van der Waals surface area contributed by atoms with Crippen molar-refractivity contribution in [1.29, 1.82) is 0 Å². The van der Waals surface area contributed by atoms with Gasteiger partial charge in [-0.3, -0.25) is 0 Å². The zero-order valence-corrected chi connectivity index (χ0v) is 38.8. The molecule has 0 aliphatic rings. The zero-order chi connectivity index (χ0) is 46.5. The Balaban J connectivity index is 0.845. The topological polar surface area (TPSA) is 16.3 Å². The number of rotatable bonds is 10. The van der Waals surface area contributed by atoms with Gasteiger partial charge < -0.3 is 18.9 Å². The molecule has 4 nitrogen and oxygen atoms in total. The summed E-state index contributed by atoms with van der Waals surface area (Å²) in [6, 6.07) is 94.8. The van der Waals surface area contributed by atoms with E-state index in [9.17, 15) is 0 Å². The zero-order valence-electron chi connectivity index (χ0n) is 38.8. The molecule has 4 heteroatoms. The van der Waals surface area contributed by atoms with Crippen molar-refractivity contribution < 1.29 is 0 Å². The number of anilines is 4. The van der Waals surface area contributed by atoms with Crippen molar-refractivity contribution in [2.45, 2.75) is 6.54 Å². The Bertz CT molecular complexity index is 4020. The second-order valence-electron chi connectivity index (χ2n) is 18.2. The second-order valence-corrected chi connectivity index (χ2v) is 18.2. The van der Waals surface area contributed by atoms with Gasteiger partial charge in [0.05, 0.1) is 27.8 Å². The highest BCUT2D eigenvalue weighted by molar-refractivity contribution is 6.25. The van der Waals surface area contributed by atoms with Gasteiger partial charge in [-0.05, 0) is 130 Å². The normalized spacial score (nSPS) is 11.6. The summed E-state index contributed by atoms with van der Waals surface area (Å²) in [7, 11) is 2.18. The maximum Gasteiger partial charge on any atom is 0.0562 e. The number of para-hydroxylation sites is 4. The molecule has 0 saturated heterocycles. The predicted molar refractivity (Wildman–Crippen MR) is 297 cm³/mol. The monoisotopic (exact) mass is 896 g/mol. The molecular formula is C66H48N4. The molecule has 2 aromatic heterocycles. The maximum atomic E-state index is 2.46. The highest BCUT2D eigenvalue weighted by Gasteiger charge is 2.21. The third-order valence-corrected chi connectivity index (χ3v) is 14.2. The lowest BCUT2D eigenvalue weighted by molar-refractivity contribution is 0.971. The van der Waals surface area contributed by atoms with Crippen LogP contribution in [0.4, 0.5) is 22.7 Å². The van der Waals surface area contributed by atoms with E-state index in [4.69, 9.17) is 0 Å². The molecule has 2 heterocycles. The number of hydrogen-bond acceptors (Lipinski definition) is 2. The number of nitrogens with zero attached hydrogens (tertiary/aromatic N) is 4. The van der Waals surface area contributed by atoms with Crippen LogP contribution < -0.4 is 9.80 Å². The van der Waals surface area contributed by atoms with E-state index in [1.165, 1.54) is 93.6 Å². The van der Waals surface area contributed by atoms with Crippen LogP contribution in [0.2, 0.25) is 0 Å². The summed E-state index contributed by atoms with van der Waals surface area (Å²) in [5, 5.41) is 7.53. The number of benzene rings is 11. The lowest BCUT2D eigenvalue weighted by Gasteiger charge is -2.26. The molecule has 0 saturated carbocycles. The first-order chi connectivity index (χ1) is 34.7. The minimum atomic E-state index is 0.695. The Morgan fingerprint density at radius 3 is 1.63 bits per heavy atom. The fraction of sp³-hybridized carbons (Fsp3) is 0.0303. The minimum Gasteiger partial charge on any atom is -0.344 e. The van der Waals surface area contributed by atoms with Crippen molar-refractivity contribution in [1.82, 2.24) is 9.13 Å². The molecule has 0 amide bonds. The van der Waals surface area contributed by atoms with Crippen LogP contribution in [0, 0.1) is 0 Å². The highest BCUT2D eigenvalue weighted by Crippen LogP contribution is 2.44. The molecule has 0 aliphatic carbocycles. The van der Waals surface area contributed by atoms with E-state index < -0.39 is 0 Å². The lowest BCUT2D eigenvalue weighted by atomic mass is 9.97. The van der Waals surface area contributed by atoms with Gasteiger partial charge in [0, 0.05) is 63.6 Å². The van der Waals surface area contributed by atoms with Gasteiger partial charge in [0.25, 0.3) is 0 Å². The molecule has 332 valence electrons. The average molecular weight is 897 g/mol. The van der Waals surface area contributed by atoms with Gasteiger partial charge in [0.1, 0.15) is 0 Å². The maximum absolute atomic E-state index is 2.46.